The number of nitrogens with zero attached hydrogens (tertiary/aromatic N) is 4. The predicted molar refractivity (Wildman–Crippen MR) is 143 cm³/mol. The number of carbonyl (C=O) groups is 1. The van der Waals surface area contributed by atoms with Crippen LogP contribution < -0.4 is 4.90 Å². The van der Waals surface area contributed by atoms with Crippen molar-refractivity contribution in [3.05, 3.63) is 39.1 Å². The smallest absolute Gasteiger partial charge is 0.243 e. The Morgan fingerprint density at radius 2 is 2.06 bits per heavy atom. The van der Waals surface area contributed by atoms with Crippen LogP contribution in [0.15, 0.2) is 21.6 Å². The third-order valence-electron chi connectivity index (χ3n) is 7.94. The zero-order chi connectivity index (χ0) is 24.7. The monoisotopic (exact) mass is 541 g/mol. The van der Waals surface area contributed by atoms with Crippen molar-refractivity contribution in [2.24, 2.45) is 16.8 Å². The second-order valence-corrected chi connectivity index (χ2v) is 11.1. The van der Waals surface area contributed by atoms with Gasteiger partial charge in [-0.25, -0.2) is 0 Å². The number of ether oxygens (including phenoxy) is 1. The number of benzene rings is 1. The lowest BCUT2D eigenvalue weighted by atomic mass is 9.93. The van der Waals surface area contributed by atoms with E-state index in [2.05, 4.69) is 39.8 Å². The highest BCUT2D eigenvalue weighted by Gasteiger charge is 2.43. The van der Waals surface area contributed by atoms with E-state index in [9.17, 15) is 4.79 Å². The molecule has 5 rings (SSSR count). The molecule has 3 aliphatic rings. The molecule has 3 unspecified atom stereocenters. The first-order valence-electron chi connectivity index (χ1n) is 12.9. The fourth-order valence-electron chi connectivity index (χ4n) is 5.46. The molecule has 0 radical (unpaired) electrons. The van der Waals surface area contributed by atoms with Crippen LogP contribution in [0.3, 0.4) is 0 Å². The average molecular weight is 543 g/mol. The summed E-state index contributed by atoms with van der Waals surface area (Å²) in [6.07, 6.45) is 5.46. The molecule has 2 heterocycles. The molecule has 3 atom stereocenters. The second kappa shape index (κ2) is 10.1. The number of fused-ring (bicyclic) bond motifs is 2. The minimum absolute atomic E-state index is 0.0757. The number of amides is 1. The molecule has 1 saturated heterocycles. The van der Waals surface area contributed by atoms with Crippen molar-refractivity contribution in [1.29, 1.82) is 0 Å². The van der Waals surface area contributed by atoms with Gasteiger partial charge in [0.1, 0.15) is 5.69 Å². The lowest BCUT2D eigenvalue weighted by molar-refractivity contribution is -0.124. The van der Waals surface area contributed by atoms with Gasteiger partial charge in [-0.15, -0.1) is 0 Å². The standard InChI is InChI=1S/C27H36BrN5O2/c1-5-6-23(26-21-12-18-11-19(18)13-25(21)30-31-26)29-24-15-20(14-22(28)16(24)2)32(4)27(34)17(3)33-7-9-35-10-8-33/h14-15,17-19H,5-13H2,1-4H3,(H,30,31)/b29-23+. The average Bonchev–Trinajstić information content (AvgIpc) is 3.52. The number of carbonyl (C=O) groups excluding carboxylic acids is 1. The molecule has 1 aromatic carbocycles. The highest BCUT2D eigenvalue weighted by molar-refractivity contribution is 9.10. The van der Waals surface area contributed by atoms with E-state index in [1.807, 2.05) is 26.1 Å². The number of hydrogen-bond acceptors (Lipinski definition) is 5. The van der Waals surface area contributed by atoms with Crippen molar-refractivity contribution < 1.29 is 9.53 Å². The van der Waals surface area contributed by atoms with Crippen molar-refractivity contribution in [3.63, 3.8) is 0 Å². The van der Waals surface area contributed by atoms with Crippen LogP contribution in [0.2, 0.25) is 0 Å². The van der Waals surface area contributed by atoms with Crippen LogP contribution in [0.1, 0.15) is 55.6 Å². The van der Waals surface area contributed by atoms with Crippen molar-refractivity contribution in [2.45, 2.75) is 58.9 Å². The van der Waals surface area contributed by atoms with E-state index in [1.54, 1.807) is 4.90 Å². The Morgan fingerprint density at radius 3 is 2.80 bits per heavy atom. The van der Waals surface area contributed by atoms with Gasteiger partial charge >= 0.3 is 0 Å². The Morgan fingerprint density at radius 1 is 1.31 bits per heavy atom. The van der Waals surface area contributed by atoms with Crippen LogP contribution in [0.5, 0.6) is 0 Å². The van der Waals surface area contributed by atoms with Crippen LogP contribution in [0, 0.1) is 18.8 Å². The number of aliphatic imine (C=N–C) groups is 1. The number of likely N-dealkylation sites (N-methyl/N-ethyl adjacent to an activating group) is 1. The van der Waals surface area contributed by atoms with Gasteiger partial charge in [-0.2, -0.15) is 5.10 Å². The van der Waals surface area contributed by atoms with E-state index < -0.39 is 0 Å². The normalized spacial score (nSPS) is 22.9. The number of hydrogen-bond donors (Lipinski definition) is 1. The predicted octanol–water partition coefficient (Wildman–Crippen LogP) is 4.82. The highest BCUT2D eigenvalue weighted by atomic mass is 79.9. The number of aromatic nitrogens is 2. The van der Waals surface area contributed by atoms with E-state index in [-0.39, 0.29) is 11.9 Å². The SMILES string of the molecule is CCC/C(=N\c1cc(N(C)C(=O)C(C)N2CCOCC2)cc(Br)c1C)c1n[nH]c2c1CC1CC1C2. The number of H-pyrrole nitrogens is 1. The summed E-state index contributed by atoms with van der Waals surface area (Å²) in [5, 5.41) is 8.05. The molecule has 1 saturated carbocycles. The van der Waals surface area contributed by atoms with Crippen LogP contribution in [-0.4, -0.2) is 66.1 Å². The van der Waals surface area contributed by atoms with Gasteiger partial charge in [0.05, 0.1) is 30.7 Å². The van der Waals surface area contributed by atoms with Crippen molar-refractivity contribution in [1.82, 2.24) is 15.1 Å². The molecule has 7 nitrogen and oxygen atoms in total. The Kier molecular flexibility index (Phi) is 7.15. The Bertz CT molecular complexity index is 1140. The molecular weight excluding hydrogens is 506 g/mol. The maximum absolute atomic E-state index is 13.3. The molecule has 35 heavy (non-hydrogen) atoms. The summed E-state index contributed by atoms with van der Waals surface area (Å²) in [6, 6.07) is 3.85. The summed E-state index contributed by atoms with van der Waals surface area (Å²) < 4.78 is 6.41. The third-order valence-corrected chi connectivity index (χ3v) is 8.76. The fourth-order valence-corrected chi connectivity index (χ4v) is 5.90. The quantitative estimate of drug-likeness (QED) is 0.510. The minimum atomic E-state index is -0.201. The summed E-state index contributed by atoms with van der Waals surface area (Å²) in [6.45, 7) is 9.15. The highest BCUT2D eigenvalue weighted by Crippen LogP contribution is 2.48. The van der Waals surface area contributed by atoms with Gasteiger partial charge in [-0.1, -0.05) is 29.3 Å². The number of aromatic amines is 1. The number of anilines is 1. The molecule has 1 aliphatic heterocycles. The maximum atomic E-state index is 13.3. The van der Waals surface area contributed by atoms with E-state index in [4.69, 9.17) is 14.8 Å². The number of rotatable bonds is 7. The zero-order valence-electron chi connectivity index (χ0n) is 21.2. The van der Waals surface area contributed by atoms with E-state index >= 15 is 0 Å². The molecule has 8 heteroatoms. The van der Waals surface area contributed by atoms with E-state index in [1.165, 1.54) is 17.7 Å². The van der Waals surface area contributed by atoms with Crippen molar-refractivity contribution in [3.8, 4) is 0 Å². The van der Waals surface area contributed by atoms with Gasteiger partial charge in [0.25, 0.3) is 0 Å². The first-order chi connectivity index (χ1) is 16.9. The summed E-state index contributed by atoms with van der Waals surface area (Å²) in [7, 11) is 1.85. The first kappa shape index (κ1) is 24.7. The summed E-state index contributed by atoms with van der Waals surface area (Å²) in [4.78, 5) is 22.5. The van der Waals surface area contributed by atoms with Crippen LogP contribution in [-0.2, 0) is 22.4 Å². The molecule has 2 aliphatic carbocycles. The Hall–Kier alpha value is -2.03. The third kappa shape index (κ3) is 4.98. The van der Waals surface area contributed by atoms with Crippen LogP contribution >= 0.6 is 15.9 Å². The zero-order valence-corrected chi connectivity index (χ0v) is 22.8. The second-order valence-electron chi connectivity index (χ2n) is 10.3. The molecule has 0 spiro atoms. The number of nitrogens with one attached hydrogen (secondary N) is 1. The van der Waals surface area contributed by atoms with Gasteiger partial charge in [0.2, 0.25) is 5.91 Å². The lowest BCUT2D eigenvalue weighted by Gasteiger charge is -2.33. The Labute approximate surface area is 216 Å². The van der Waals surface area contributed by atoms with Gasteiger partial charge in [-0.05, 0) is 69.1 Å². The molecule has 0 bridgehead atoms. The van der Waals surface area contributed by atoms with Crippen molar-refractivity contribution >= 4 is 38.9 Å². The summed E-state index contributed by atoms with van der Waals surface area (Å²) in [5.41, 5.74) is 7.54. The first-order valence-corrected chi connectivity index (χ1v) is 13.7. The molecular formula is C27H36BrN5O2. The van der Waals surface area contributed by atoms with Gasteiger partial charge in [0.15, 0.2) is 0 Å². The van der Waals surface area contributed by atoms with Gasteiger partial charge in [0, 0.05) is 41.6 Å². The van der Waals surface area contributed by atoms with Gasteiger partial charge in [-0.3, -0.25) is 19.8 Å². The van der Waals surface area contributed by atoms with Crippen LogP contribution in [0.25, 0.3) is 0 Å². The topological polar surface area (TPSA) is 73.8 Å². The molecule has 1 aromatic heterocycles. The molecule has 2 fully saturated rings. The molecule has 1 N–H and O–H groups in total. The lowest BCUT2D eigenvalue weighted by Crippen LogP contribution is -2.50. The van der Waals surface area contributed by atoms with E-state index in [0.717, 1.165) is 83.4 Å². The van der Waals surface area contributed by atoms with E-state index in [0.29, 0.717) is 13.2 Å². The fraction of sp³-hybridized carbons (Fsp3) is 0.593. The summed E-state index contributed by atoms with van der Waals surface area (Å²) in [5.74, 6) is 1.76. The summed E-state index contributed by atoms with van der Waals surface area (Å²) >= 11 is 3.72. The largest absolute Gasteiger partial charge is 0.379 e. The van der Waals surface area contributed by atoms with Crippen molar-refractivity contribution in [2.75, 3.05) is 38.3 Å². The molecule has 188 valence electrons. The van der Waals surface area contributed by atoms with Gasteiger partial charge < -0.3 is 9.64 Å². The number of halogens is 1. The number of morpholine rings is 1. The maximum Gasteiger partial charge on any atom is 0.243 e. The minimum Gasteiger partial charge on any atom is -0.379 e. The molecule has 1 amide bonds. The Balaban J connectivity index is 1.45. The molecule has 2 aromatic rings. The van der Waals surface area contributed by atoms with Crippen LogP contribution in [0.4, 0.5) is 11.4 Å².